The summed E-state index contributed by atoms with van der Waals surface area (Å²) in [7, 11) is 0. The normalized spacial score (nSPS) is 16.1. The summed E-state index contributed by atoms with van der Waals surface area (Å²) in [5.74, 6) is -0.0187. The van der Waals surface area contributed by atoms with Crippen LogP contribution >= 0.6 is 0 Å². The van der Waals surface area contributed by atoms with E-state index in [1.165, 1.54) is 0 Å². The molecule has 0 radical (unpaired) electrons. The van der Waals surface area contributed by atoms with Crippen LogP contribution in [0.5, 0.6) is 5.88 Å². The monoisotopic (exact) mass is 395 g/mol. The summed E-state index contributed by atoms with van der Waals surface area (Å²) in [6, 6.07) is 9.78. The quantitative estimate of drug-likeness (QED) is 0.609. The van der Waals surface area contributed by atoms with Crippen molar-refractivity contribution in [2.75, 3.05) is 11.9 Å². The van der Waals surface area contributed by atoms with Crippen LogP contribution in [0.2, 0.25) is 0 Å². The number of rotatable bonds is 6. The molecule has 0 bridgehead atoms. The zero-order valence-electron chi connectivity index (χ0n) is 16.1. The fourth-order valence-electron chi connectivity index (χ4n) is 3.06. The molecule has 29 heavy (non-hydrogen) atoms. The van der Waals surface area contributed by atoms with Crippen LogP contribution in [0.4, 0.5) is 5.82 Å². The van der Waals surface area contributed by atoms with Gasteiger partial charge in [0.05, 0.1) is 12.0 Å². The van der Waals surface area contributed by atoms with Gasteiger partial charge in [-0.1, -0.05) is 35.5 Å². The number of amides is 1. The number of nitrogens with one attached hydrogen (secondary N) is 2. The minimum atomic E-state index is -0.673. The smallest absolute Gasteiger partial charge is 0.258 e. The average molecular weight is 395 g/mol. The van der Waals surface area contributed by atoms with Crippen molar-refractivity contribution in [2.45, 2.75) is 32.7 Å². The van der Waals surface area contributed by atoms with Crippen molar-refractivity contribution in [1.82, 2.24) is 30.2 Å². The largest absolute Gasteiger partial charge is 0.474 e. The van der Waals surface area contributed by atoms with Crippen molar-refractivity contribution in [3.63, 3.8) is 0 Å². The molecule has 2 aromatic heterocycles. The van der Waals surface area contributed by atoms with Gasteiger partial charge in [-0.05, 0) is 19.4 Å². The summed E-state index contributed by atoms with van der Waals surface area (Å²) in [6.07, 6.45) is 0.481. The van der Waals surface area contributed by atoms with E-state index in [1.54, 1.807) is 4.68 Å². The first-order chi connectivity index (χ1) is 14.0. The van der Waals surface area contributed by atoms with Gasteiger partial charge in [-0.3, -0.25) is 14.7 Å². The second kappa shape index (κ2) is 7.82. The topological polar surface area (TPSA) is 128 Å². The van der Waals surface area contributed by atoms with E-state index in [4.69, 9.17) is 4.74 Å². The molecule has 0 aliphatic carbocycles. The Morgan fingerprint density at radius 3 is 2.86 bits per heavy atom. The highest BCUT2D eigenvalue weighted by molar-refractivity contribution is 5.99. The van der Waals surface area contributed by atoms with Crippen LogP contribution < -0.4 is 10.1 Å². The molecule has 3 aromatic rings. The lowest BCUT2D eigenvalue weighted by Crippen LogP contribution is -2.28. The second-order valence-electron chi connectivity index (χ2n) is 7.17. The molecule has 1 amide bonds. The van der Waals surface area contributed by atoms with Crippen LogP contribution in [0.1, 0.15) is 48.3 Å². The molecule has 10 heteroatoms. The highest BCUT2D eigenvalue weighted by Gasteiger charge is 2.31. The fraction of sp³-hybridized carbons (Fsp3) is 0.368. The van der Waals surface area contributed by atoms with E-state index in [9.17, 15) is 9.59 Å². The maximum atomic E-state index is 12.6. The van der Waals surface area contributed by atoms with E-state index in [0.29, 0.717) is 18.1 Å². The molecule has 10 nitrogen and oxygen atoms in total. The van der Waals surface area contributed by atoms with Crippen molar-refractivity contribution in [2.24, 2.45) is 5.92 Å². The summed E-state index contributed by atoms with van der Waals surface area (Å²) in [5, 5.41) is 17.4. The highest BCUT2D eigenvalue weighted by Crippen LogP contribution is 2.29. The van der Waals surface area contributed by atoms with Gasteiger partial charge in [-0.25, -0.2) is 9.67 Å². The maximum Gasteiger partial charge on any atom is 0.258 e. The number of aromatic nitrogens is 6. The third-order valence-corrected chi connectivity index (χ3v) is 4.60. The third kappa shape index (κ3) is 4.00. The Labute approximate surface area is 166 Å². The Kier molecular flexibility index (Phi) is 5.07. The number of hydrogen-bond donors (Lipinski definition) is 2. The third-order valence-electron chi connectivity index (χ3n) is 4.60. The van der Waals surface area contributed by atoms with Crippen LogP contribution in [-0.2, 0) is 11.2 Å². The standard InChI is InChI=1S/C19H21N7O3/c1-11(2)26-19-17(24-25-26)21-18(28)13(10-29-19)9-14(27)16-20-15(22-23-16)8-12-6-4-3-5-7-12/h3-7,11,13H,8-10H2,1-2H3,(H,21,28)(H,20,22,23)/t13-/m0/s1. The molecule has 4 rings (SSSR count). The van der Waals surface area contributed by atoms with Crippen LogP contribution in [0.25, 0.3) is 0 Å². The number of nitrogens with zero attached hydrogens (tertiary/aromatic N) is 5. The van der Waals surface area contributed by atoms with E-state index in [0.717, 1.165) is 5.56 Å². The van der Waals surface area contributed by atoms with Crippen LogP contribution in [0.3, 0.4) is 0 Å². The first-order valence-electron chi connectivity index (χ1n) is 9.38. The Bertz CT molecular complexity index is 1030. The number of benzene rings is 1. The number of ketones is 1. The molecule has 0 saturated carbocycles. The summed E-state index contributed by atoms with van der Waals surface area (Å²) in [5.41, 5.74) is 1.06. The molecule has 0 fully saturated rings. The highest BCUT2D eigenvalue weighted by atomic mass is 16.5. The van der Waals surface area contributed by atoms with Crippen molar-refractivity contribution < 1.29 is 14.3 Å². The number of hydrogen-bond acceptors (Lipinski definition) is 7. The van der Waals surface area contributed by atoms with Gasteiger partial charge >= 0.3 is 0 Å². The SMILES string of the molecule is CC(C)n1nnc2c1OC[C@H](CC(=O)c1n[nH]c(Cc3ccccc3)n1)C(=O)N2. The number of carbonyl (C=O) groups is 2. The number of ether oxygens (including phenoxy) is 1. The summed E-state index contributed by atoms with van der Waals surface area (Å²) in [4.78, 5) is 29.4. The number of fused-ring (bicyclic) bond motifs is 1. The van der Waals surface area contributed by atoms with E-state index < -0.39 is 5.92 Å². The lowest BCUT2D eigenvalue weighted by molar-refractivity contribution is -0.120. The van der Waals surface area contributed by atoms with Gasteiger partial charge in [0.1, 0.15) is 12.4 Å². The Balaban J connectivity index is 1.42. The second-order valence-corrected chi connectivity index (χ2v) is 7.17. The molecule has 150 valence electrons. The average Bonchev–Trinajstić information content (AvgIpc) is 3.29. The van der Waals surface area contributed by atoms with Gasteiger partial charge in [0, 0.05) is 12.8 Å². The molecule has 0 unspecified atom stereocenters. The number of aromatic amines is 1. The molecule has 1 atom stereocenters. The molecule has 2 N–H and O–H groups in total. The van der Waals surface area contributed by atoms with Crippen LogP contribution in [0, 0.1) is 5.92 Å². The minimum absolute atomic E-state index is 0.0256. The van der Waals surface area contributed by atoms with Crippen molar-refractivity contribution >= 4 is 17.5 Å². The Morgan fingerprint density at radius 2 is 2.10 bits per heavy atom. The van der Waals surface area contributed by atoms with E-state index in [1.807, 2.05) is 44.2 Å². The predicted octanol–water partition coefficient (Wildman–Crippen LogP) is 1.79. The van der Waals surface area contributed by atoms with Gasteiger partial charge in [0.15, 0.2) is 0 Å². The van der Waals surface area contributed by atoms with Gasteiger partial charge < -0.3 is 10.1 Å². The lowest BCUT2D eigenvalue weighted by Gasteiger charge is -2.12. The van der Waals surface area contributed by atoms with E-state index in [2.05, 4.69) is 30.8 Å². The molecule has 0 spiro atoms. The van der Waals surface area contributed by atoms with E-state index in [-0.39, 0.29) is 42.4 Å². The number of anilines is 1. The Hall–Kier alpha value is -3.56. The molecule has 0 saturated heterocycles. The first-order valence-corrected chi connectivity index (χ1v) is 9.38. The molecule has 1 aliphatic heterocycles. The van der Waals surface area contributed by atoms with E-state index >= 15 is 0 Å². The van der Waals surface area contributed by atoms with Crippen LogP contribution in [-0.4, -0.2) is 48.5 Å². The molecular formula is C19H21N7O3. The molecule has 1 aliphatic rings. The first kappa shape index (κ1) is 18.8. The summed E-state index contributed by atoms with van der Waals surface area (Å²) >= 11 is 0. The summed E-state index contributed by atoms with van der Waals surface area (Å²) in [6.45, 7) is 3.91. The Morgan fingerprint density at radius 1 is 1.31 bits per heavy atom. The molecule has 1 aromatic carbocycles. The summed E-state index contributed by atoms with van der Waals surface area (Å²) < 4.78 is 7.33. The van der Waals surface area contributed by atoms with Gasteiger partial charge in [0.2, 0.25) is 23.3 Å². The van der Waals surface area contributed by atoms with Gasteiger partial charge in [-0.2, -0.15) is 5.10 Å². The van der Waals surface area contributed by atoms with Crippen molar-refractivity contribution in [1.29, 1.82) is 0 Å². The van der Waals surface area contributed by atoms with Crippen LogP contribution in [0.15, 0.2) is 30.3 Å². The number of H-pyrrole nitrogens is 1. The van der Waals surface area contributed by atoms with Gasteiger partial charge in [-0.15, -0.1) is 5.10 Å². The fourth-order valence-corrected chi connectivity index (χ4v) is 3.06. The molecule has 3 heterocycles. The minimum Gasteiger partial charge on any atom is -0.474 e. The predicted molar refractivity (Wildman–Crippen MR) is 103 cm³/mol. The zero-order chi connectivity index (χ0) is 20.4. The van der Waals surface area contributed by atoms with Gasteiger partial charge in [0.25, 0.3) is 5.88 Å². The maximum absolute atomic E-state index is 12.6. The zero-order valence-corrected chi connectivity index (χ0v) is 16.1. The molecular weight excluding hydrogens is 374 g/mol. The van der Waals surface area contributed by atoms with Crippen molar-refractivity contribution in [3.05, 3.63) is 47.5 Å². The number of carbonyl (C=O) groups excluding carboxylic acids is 2. The van der Waals surface area contributed by atoms with Crippen molar-refractivity contribution in [3.8, 4) is 5.88 Å². The number of Topliss-reactive ketones (excluding diaryl/α,β-unsaturated/α-hetero) is 1. The lowest BCUT2D eigenvalue weighted by atomic mass is 10.0.